The number of carbonyl (C=O) groups is 3. The van der Waals surface area contributed by atoms with E-state index in [4.69, 9.17) is 15.2 Å². The summed E-state index contributed by atoms with van der Waals surface area (Å²) >= 11 is 0. The first-order chi connectivity index (χ1) is 15.9. The number of nitrogens with one attached hydrogen (secondary N) is 2. The molecule has 9 heteroatoms. The summed E-state index contributed by atoms with van der Waals surface area (Å²) in [6.07, 6.45) is 0.0230. The predicted molar refractivity (Wildman–Crippen MR) is 136 cm³/mol. The summed E-state index contributed by atoms with van der Waals surface area (Å²) in [6, 6.07) is 3.58. The van der Waals surface area contributed by atoms with Crippen LogP contribution in [0.25, 0.3) is 0 Å². The first-order valence-electron chi connectivity index (χ1n) is 12.0. The van der Waals surface area contributed by atoms with Gasteiger partial charge in [-0.3, -0.25) is 9.59 Å². The zero-order valence-electron chi connectivity index (χ0n) is 22.5. The summed E-state index contributed by atoms with van der Waals surface area (Å²) in [5, 5.41) is 15.7. The molecule has 0 bridgehead atoms. The van der Waals surface area contributed by atoms with Gasteiger partial charge in [-0.2, -0.15) is 0 Å². The second kappa shape index (κ2) is 12.2. The molecule has 3 atom stereocenters. The first kappa shape index (κ1) is 30.2. The van der Waals surface area contributed by atoms with Crippen LogP contribution in [0.3, 0.4) is 0 Å². The fourth-order valence-corrected chi connectivity index (χ4v) is 3.21. The Morgan fingerprint density at radius 1 is 1.00 bits per heavy atom. The Kier molecular flexibility index (Phi) is 10.6. The molecule has 0 aliphatic heterocycles. The van der Waals surface area contributed by atoms with E-state index in [2.05, 4.69) is 10.6 Å². The van der Waals surface area contributed by atoms with E-state index in [1.54, 1.807) is 60.6 Å². The van der Waals surface area contributed by atoms with E-state index in [1.165, 1.54) is 6.07 Å². The molecule has 198 valence electrons. The molecule has 35 heavy (non-hydrogen) atoms. The molecule has 0 aliphatic carbocycles. The topological polar surface area (TPSA) is 140 Å². The first-order valence-corrected chi connectivity index (χ1v) is 12.0. The lowest BCUT2D eigenvalue weighted by molar-refractivity contribution is -0.159. The smallest absolute Gasteiger partial charge is 0.407 e. The van der Waals surface area contributed by atoms with E-state index in [0.29, 0.717) is 12.8 Å². The highest BCUT2D eigenvalue weighted by Gasteiger charge is 2.27. The molecule has 5 N–H and O–H groups in total. The molecule has 0 spiro atoms. The van der Waals surface area contributed by atoms with Crippen LogP contribution in [-0.2, 0) is 25.5 Å². The average Bonchev–Trinajstić information content (AvgIpc) is 2.66. The normalized spacial score (nSPS) is 14.6. The van der Waals surface area contributed by atoms with Gasteiger partial charge in [-0.25, -0.2) is 4.79 Å². The summed E-state index contributed by atoms with van der Waals surface area (Å²) in [7, 11) is 0. The number of rotatable bonds is 9. The zero-order valence-corrected chi connectivity index (χ0v) is 22.5. The number of ether oxygens (including phenoxy) is 2. The second-order valence-corrected chi connectivity index (χ2v) is 11.3. The Hall–Kier alpha value is -2.81. The third kappa shape index (κ3) is 11.4. The van der Waals surface area contributed by atoms with Crippen LogP contribution in [-0.4, -0.2) is 46.4 Å². The van der Waals surface area contributed by atoms with Crippen LogP contribution >= 0.6 is 0 Å². The van der Waals surface area contributed by atoms with Gasteiger partial charge in [0, 0.05) is 6.04 Å². The largest absolute Gasteiger partial charge is 0.506 e. The van der Waals surface area contributed by atoms with Crippen LogP contribution in [0.15, 0.2) is 18.2 Å². The summed E-state index contributed by atoms with van der Waals surface area (Å²) < 4.78 is 10.9. The van der Waals surface area contributed by atoms with E-state index in [9.17, 15) is 19.5 Å². The molecular formula is C26H43N3O6. The van der Waals surface area contributed by atoms with Gasteiger partial charge in [0.25, 0.3) is 0 Å². The maximum absolute atomic E-state index is 12.5. The number of hydrogen-bond acceptors (Lipinski definition) is 7. The van der Waals surface area contributed by atoms with Crippen LogP contribution in [0.4, 0.5) is 10.5 Å². The predicted octanol–water partition coefficient (Wildman–Crippen LogP) is 4.12. The number of aromatic hydroxyl groups is 1. The summed E-state index contributed by atoms with van der Waals surface area (Å²) in [5.41, 5.74) is 5.55. The molecule has 9 nitrogen and oxygen atoms in total. The van der Waals surface area contributed by atoms with Gasteiger partial charge in [-0.1, -0.05) is 26.8 Å². The molecule has 0 saturated carbocycles. The molecule has 0 saturated heterocycles. The van der Waals surface area contributed by atoms with Crippen molar-refractivity contribution in [2.24, 2.45) is 17.6 Å². The lowest BCUT2D eigenvalue weighted by atomic mass is 9.95. The fraction of sp³-hybridized carbons (Fsp3) is 0.654. The molecular weight excluding hydrogens is 450 g/mol. The Balaban J connectivity index is 3.10. The van der Waals surface area contributed by atoms with Crippen molar-refractivity contribution in [2.75, 3.05) is 5.32 Å². The Morgan fingerprint density at radius 2 is 1.57 bits per heavy atom. The maximum atomic E-state index is 12.5. The lowest BCUT2D eigenvalue weighted by Gasteiger charge is -2.27. The van der Waals surface area contributed by atoms with Gasteiger partial charge in [-0.15, -0.1) is 0 Å². The van der Waals surface area contributed by atoms with Crippen LogP contribution in [0, 0.1) is 11.8 Å². The van der Waals surface area contributed by atoms with Gasteiger partial charge in [0.1, 0.15) is 17.0 Å². The minimum atomic E-state index is -0.727. The number of nitrogens with two attached hydrogens (primary N) is 1. The zero-order chi connectivity index (χ0) is 27.1. The van der Waals surface area contributed by atoms with Crippen molar-refractivity contribution in [1.82, 2.24) is 5.32 Å². The molecule has 1 aromatic rings. The van der Waals surface area contributed by atoms with E-state index in [0.717, 1.165) is 5.56 Å². The number of amides is 2. The highest BCUT2D eigenvalue weighted by molar-refractivity contribution is 5.96. The van der Waals surface area contributed by atoms with E-state index >= 15 is 0 Å². The standard InChI is InChI=1S/C26H43N3O6/c1-15(2)21(27)22(31)29-19-14-17(10-11-20(19)30)13-18(28-24(33)35-26(7,8)9)12-16(3)23(32)34-25(4,5)6/h10-11,14-16,18,21,30H,12-13,27H2,1-9H3,(H,28,33)(H,29,31). The van der Waals surface area contributed by atoms with E-state index < -0.39 is 41.2 Å². The third-order valence-electron chi connectivity index (χ3n) is 4.99. The molecule has 0 aromatic heterocycles. The number of phenols is 1. The highest BCUT2D eigenvalue weighted by Crippen LogP contribution is 2.26. The SMILES string of the molecule is CC(CC(Cc1ccc(O)c(NC(=O)C(N)C(C)C)c1)NC(=O)OC(C)(C)C)C(=O)OC(C)(C)C. The van der Waals surface area contributed by atoms with Crippen molar-refractivity contribution in [3.05, 3.63) is 23.8 Å². The van der Waals surface area contributed by atoms with Crippen molar-refractivity contribution in [2.45, 2.75) is 98.4 Å². The van der Waals surface area contributed by atoms with Gasteiger partial charge < -0.3 is 30.9 Å². The lowest BCUT2D eigenvalue weighted by Crippen LogP contribution is -2.42. The van der Waals surface area contributed by atoms with Crippen LogP contribution in [0.2, 0.25) is 0 Å². The van der Waals surface area contributed by atoms with Crippen LogP contribution < -0.4 is 16.4 Å². The van der Waals surface area contributed by atoms with Gasteiger partial charge in [-0.05, 0) is 78.0 Å². The van der Waals surface area contributed by atoms with Gasteiger partial charge in [0.05, 0.1) is 17.6 Å². The Morgan fingerprint density at radius 3 is 2.09 bits per heavy atom. The van der Waals surface area contributed by atoms with Crippen molar-refractivity contribution < 1.29 is 29.0 Å². The van der Waals surface area contributed by atoms with Gasteiger partial charge in [0.15, 0.2) is 0 Å². The van der Waals surface area contributed by atoms with Crippen molar-refractivity contribution >= 4 is 23.7 Å². The molecule has 0 aliphatic rings. The minimum absolute atomic E-state index is 0.0722. The van der Waals surface area contributed by atoms with Gasteiger partial charge in [0.2, 0.25) is 5.91 Å². The average molecular weight is 494 g/mol. The molecule has 0 heterocycles. The highest BCUT2D eigenvalue weighted by atomic mass is 16.6. The van der Waals surface area contributed by atoms with Crippen LogP contribution in [0.1, 0.15) is 74.3 Å². The van der Waals surface area contributed by atoms with Crippen molar-refractivity contribution in [3.63, 3.8) is 0 Å². The number of hydrogen-bond donors (Lipinski definition) is 4. The Labute approximate surface area is 209 Å². The summed E-state index contributed by atoms with van der Waals surface area (Å²) in [5.74, 6) is -1.44. The molecule has 3 unspecified atom stereocenters. The number of carbonyl (C=O) groups excluding carboxylic acids is 3. The van der Waals surface area contributed by atoms with Crippen molar-refractivity contribution in [3.8, 4) is 5.75 Å². The minimum Gasteiger partial charge on any atom is -0.506 e. The van der Waals surface area contributed by atoms with Crippen LogP contribution in [0.5, 0.6) is 5.75 Å². The number of phenolic OH excluding ortho intramolecular Hbond substituents is 1. The molecule has 0 fully saturated rings. The molecule has 1 rings (SSSR count). The van der Waals surface area contributed by atoms with Gasteiger partial charge >= 0.3 is 12.1 Å². The summed E-state index contributed by atoms with van der Waals surface area (Å²) in [6.45, 7) is 16.1. The third-order valence-corrected chi connectivity index (χ3v) is 4.99. The number of alkyl carbamates (subject to hydrolysis) is 1. The molecule has 1 aromatic carbocycles. The quantitative estimate of drug-likeness (QED) is 0.300. The Bertz CT molecular complexity index is 886. The fourth-order valence-electron chi connectivity index (χ4n) is 3.21. The summed E-state index contributed by atoms with van der Waals surface area (Å²) in [4.78, 5) is 37.4. The maximum Gasteiger partial charge on any atom is 0.407 e. The monoisotopic (exact) mass is 493 g/mol. The van der Waals surface area contributed by atoms with E-state index in [-0.39, 0.29) is 23.3 Å². The second-order valence-electron chi connectivity index (χ2n) is 11.3. The van der Waals surface area contributed by atoms with Crippen molar-refractivity contribution in [1.29, 1.82) is 0 Å². The number of esters is 1. The van der Waals surface area contributed by atoms with E-state index in [1.807, 2.05) is 13.8 Å². The number of anilines is 1. The molecule has 0 radical (unpaired) electrons. The molecule has 2 amide bonds. The number of benzene rings is 1.